The van der Waals surface area contributed by atoms with Gasteiger partial charge in [0.25, 0.3) is 0 Å². The van der Waals surface area contributed by atoms with E-state index in [1.165, 1.54) is 6.08 Å². The molecule has 2 heteroatoms. The molecule has 0 aromatic rings. The third kappa shape index (κ3) is 2.19. The van der Waals surface area contributed by atoms with Crippen LogP contribution in [0.25, 0.3) is 0 Å². The van der Waals surface area contributed by atoms with Crippen molar-refractivity contribution in [2.75, 3.05) is 0 Å². The molecule has 0 fully saturated rings. The molecule has 0 amide bonds. The van der Waals surface area contributed by atoms with Crippen LogP contribution in [0.4, 0.5) is 0 Å². The van der Waals surface area contributed by atoms with E-state index >= 15 is 0 Å². The van der Waals surface area contributed by atoms with E-state index in [1.54, 1.807) is 19.1 Å². The molecule has 0 atom stereocenters. The predicted octanol–water partition coefficient (Wildman–Crippen LogP) is 1.48. The minimum absolute atomic E-state index is 0.456. The Bertz CT molecular complexity index is 216. The molecule has 2 N–H and O–H groups in total. The molecule has 0 aromatic heterocycles. The lowest BCUT2D eigenvalue weighted by Crippen LogP contribution is -1.98. The van der Waals surface area contributed by atoms with Crippen molar-refractivity contribution >= 4 is 0 Å². The first-order valence-corrected chi connectivity index (χ1v) is 2.91. The van der Waals surface area contributed by atoms with E-state index in [4.69, 9.17) is 11.0 Å². The summed E-state index contributed by atoms with van der Waals surface area (Å²) in [6, 6.07) is 1.95. The first-order chi connectivity index (χ1) is 4.76. The van der Waals surface area contributed by atoms with Crippen LogP contribution in [0.5, 0.6) is 0 Å². The Kier molecular flexibility index (Phi) is 3.74. The molecule has 0 saturated heterocycles. The summed E-state index contributed by atoms with van der Waals surface area (Å²) in [5.41, 5.74) is 6.38. The molecule has 10 heavy (non-hydrogen) atoms. The quantitative estimate of drug-likeness (QED) is 0.459. The van der Waals surface area contributed by atoms with Crippen molar-refractivity contribution in [3.05, 3.63) is 36.1 Å². The van der Waals surface area contributed by atoms with Crippen LogP contribution in [0.15, 0.2) is 36.1 Å². The lowest BCUT2D eigenvalue weighted by molar-refractivity contribution is 1.32. The third-order valence-corrected chi connectivity index (χ3v) is 1.03. The molecule has 2 nitrogen and oxygen atoms in total. The summed E-state index contributed by atoms with van der Waals surface area (Å²) in [7, 11) is 0. The summed E-state index contributed by atoms with van der Waals surface area (Å²) in [4.78, 5) is 0. The summed E-state index contributed by atoms with van der Waals surface area (Å²) in [6.45, 7) is 5.24. The van der Waals surface area contributed by atoms with Gasteiger partial charge < -0.3 is 5.73 Å². The van der Waals surface area contributed by atoms with Crippen molar-refractivity contribution in [2.45, 2.75) is 6.92 Å². The van der Waals surface area contributed by atoms with Gasteiger partial charge in [-0.05, 0) is 13.0 Å². The molecule has 0 unspecified atom stereocenters. The van der Waals surface area contributed by atoms with E-state index in [1.807, 2.05) is 6.07 Å². The fraction of sp³-hybridized carbons (Fsp3) is 0.125. The average molecular weight is 134 g/mol. The highest BCUT2D eigenvalue weighted by molar-refractivity contribution is 5.41. The van der Waals surface area contributed by atoms with Crippen molar-refractivity contribution in [1.82, 2.24) is 0 Å². The maximum atomic E-state index is 8.47. The number of allylic oxidation sites excluding steroid dienone is 4. The number of hydrogen-bond donors (Lipinski definition) is 1. The number of nitrogens with zero attached hydrogens (tertiary/aromatic N) is 1. The number of rotatable bonds is 2. The van der Waals surface area contributed by atoms with Crippen LogP contribution >= 0.6 is 0 Å². The Hall–Kier alpha value is -1.49. The molecule has 0 aromatic carbocycles. The molecule has 0 aliphatic heterocycles. The smallest absolute Gasteiger partial charge is 0.101 e. The normalized spacial score (nSPS) is 12.4. The second-order valence-electron chi connectivity index (χ2n) is 1.67. The van der Waals surface area contributed by atoms with Crippen molar-refractivity contribution in [3.8, 4) is 6.07 Å². The Balaban J connectivity index is 4.56. The Morgan fingerprint density at radius 1 is 1.70 bits per heavy atom. The second-order valence-corrected chi connectivity index (χ2v) is 1.67. The molecule has 0 aliphatic rings. The third-order valence-electron chi connectivity index (χ3n) is 1.03. The van der Waals surface area contributed by atoms with Gasteiger partial charge in [0, 0.05) is 5.70 Å². The fourth-order valence-corrected chi connectivity index (χ4v) is 0.471. The standard InChI is InChI=1S/C8H10N2/c1-3-5-7(6-9)8(10)4-2/h3-5H,1,10H2,2H3/b7-5-,8-4+. The van der Waals surface area contributed by atoms with Crippen LogP contribution in [0.2, 0.25) is 0 Å². The maximum absolute atomic E-state index is 8.47. The van der Waals surface area contributed by atoms with Crippen LogP contribution < -0.4 is 5.73 Å². The second kappa shape index (κ2) is 4.39. The first-order valence-electron chi connectivity index (χ1n) is 2.91. The molecular weight excluding hydrogens is 124 g/mol. The van der Waals surface area contributed by atoms with Crippen molar-refractivity contribution in [1.29, 1.82) is 5.26 Å². The number of nitriles is 1. The zero-order valence-corrected chi connectivity index (χ0v) is 5.96. The van der Waals surface area contributed by atoms with Gasteiger partial charge in [0.05, 0.1) is 5.57 Å². The highest BCUT2D eigenvalue weighted by atomic mass is 14.6. The Morgan fingerprint density at radius 3 is 2.60 bits per heavy atom. The van der Waals surface area contributed by atoms with Gasteiger partial charge in [-0.1, -0.05) is 18.7 Å². The first kappa shape index (κ1) is 8.51. The molecule has 0 bridgehead atoms. The van der Waals surface area contributed by atoms with Crippen LogP contribution in [0.3, 0.4) is 0 Å². The van der Waals surface area contributed by atoms with Crippen LogP contribution in [-0.4, -0.2) is 0 Å². The lowest BCUT2D eigenvalue weighted by atomic mass is 10.2. The molecular formula is C8H10N2. The SMILES string of the molecule is C=C/C=C(C#N)\C(N)=C/C. The van der Waals surface area contributed by atoms with Crippen LogP contribution in [0.1, 0.15) is 6.92 Å². The van der Waals surface area contributed by atoms with Crippen molar-refractivity contribution in [2.24, 2.45) is 5.73 Å². The van der Waals surface area contributed by atoms with Gasteiger partial charge in [0.1, 0.15) is 6.07 Å². The number of nitrogens with two attached hydrogens (primary N) is 1. The largest absolute Gasteiger partial charge is 0.398 e. The van der Waals surface area contributed by atoms with E-state index < -0.39 is 0 Å². The minimum atomic E-state index is 0.456. The van der Waals surface area contributed by atoms with Gasteiger partial charge in [-0.2, -0.15) is 5.26 Å². The highest BCUT2D eigenvalue weighted by Crippen LogP contribution is 2.00. The molecule has 0 saturated carbocycles. The van der Waals surface area contributed by atoms with Crippen LogP contribution in [-0.2, 0) is 0 Å². The van der Waals surface area contributed by atoms with Gasteiger partial charge >= 0.3 is 0 Å². The lowest BCUT2D eigenvalue weighted by Gasteiger charge is -1.93. The summed E-state index contributed by atoms with van der Waals surface area (Å²) in [5, 5.41) is 8.47. The molecule has 52 valence electrons. The molecule has 0 aliphatic carbocycles. The molecule has 0 rings (SSSR count). The number of hydrogen-bond acceptors (Lipinski definition) is 2. The van der Waals surface area contributed by atoms with Crippen LogP contribution in [0, 0.1) is 11.3 Å². The summed E-state index contributed by atoms with van der Waals surface area (Å²) >= 11 is 0. The zero-order chi connectivity index (χ0) is 7.98. The Labute approximate surface area is 61.0 Å². The predicted molar refractivity (Wildman–Crippen MR) is 41.8 cm³/mol. The van der Waals surface area contributed by atoms with Crippen molar-refractivity contribution < 1.29 is 0 Å². The average Bonchev–Trinajstić information content (AvgIpc) is 1.99. The maximum Gasteiger partial charge on any atom is 0.101 e. The van der Waals surface area contributed by atoms with Crippen molar-refractivity contribution in [3.63, 3.8) is 0 Å². The van der Waals surface area contributed by atoms with Gasteiger partial charge in [-0.25, -0.2) is 0 Å². The van der Waals surface area contributed by atoms with Gasteiger partial charge in [0.15, 0.2) is 0 Å². The summed E-state index contributed by atoms with van der Waals surface area (Å²) in [6.07, 6.45) is 4.79. The Morgan fingerprint density at radius 2 is 2.30 bits per heavy atom. The van der Waals surface area contributed by atoms with E-state index in [-0.39, 0.29) is 0 Å². The summed E-state index contributed by atoms with van der Waals surface area (Å²) in [5.74, 6) is 0. The monoisotopic (exact) mass is 134 g/mol. The van der Waals surface area contributed by atoms with Gasteiger partial charge in [-0.15, -0.1) is 0 Å². The van der Waals surface area contributed by atoms with E-state index in [0.29, 0.717) is 11.3 Å². The van der Waals surface area contributed by atoms with Gasteiger partial charge in [-0.3, -0.25) is 0 Å². The molecule has 0 heterocycles. The van der Waals surface area contributed by atoms with Gasteiger partial charge in [0.2, 0.25) is 0 Å². The molecule has 0 spiro atoms. The van der Waals surface area contributed by atoms with E-state index in [2.05, 4.69) is 6.58 Å². The van der Waals surface area contributed by atoms with E-state index in [9.17, 15) is 0 Å². The topological polar surface area (TPSA) is 49.8 Å². The highest BCUT2D eigenvalue weighted by Gasteiger charge is 1.93. The minimum Gasteiger partial charge on any atom is -0.398 e. The summed E-state index contributed by atoms with van der Waals surface area (Å²) < 4.78 is 0. The molecule has 0 radical (unpaired) electrons. The zero-order valence-electron chi connectivity index (χ0n) is 5.96. The fourth-order valence-electron chi connectivity index (χ4n) is 0.471. The van der Waals surface area contributed by atoms with E-state index in [0.717, 1.165) is 0 Å².